The molecule has 11 heteroatoms. The van der Waals surface area contributed by atoms with Crippen LogP contribution in [0.3, 0.4) is 0 Å². The Labute approximate surface area is 206 Å². The molecule has 1 aliphatic heterocycles. The molecule has 9 nitrogen and oxygen atoms in total. The summed E-state index contributed by atoms with van der Waals surface area (Å²) in [6, 6.07) is 13.7. The largest absolute Gasteiger partial charge is 0.467 e. The Bertz CT molecular complexity index is 1560. The van der Waals surface area contributed by atoms with Crippen LogP contribution in [0.2, 0.25) is 0 Å². The minimum Gasteiger partial charge on any atom is -0.467 e. The number of hydrogen-bond acceptors (Lipinski definition) is 6. The minimum absolute atomic E-state index is 0.0242. The molecule has 36 heavy (non-hydrogen) atoms. The highest BCUT2D eigenvalue weighted by atomic mass is 32.2. The number of anilines is 1. The number of benzene rings is 2. The molecular weight excluding hydrogens is 487 g/mol. The maximum Gasteiger partial charge on any atom is 0.257 e. The van der Waals surface area contributed by atoms with Crippen LogP contribution < -0.4 is 15.6 Å². The molecule has 4 aromatic rings. The fraction of sp³-hybridized carbons (Fsp3) is 0.200. The van der Waals surface area contributed by atoms with Crippen LogP contribution in [0.5, 0.6) is 0 Å². The van der Waals surface area contributed by atoms with Gasteiger partial charge in [-0.3, -0.25) is 9.59 Å². The number of furan rings is 1. The van der Waals surface area contributed by atoms with Gasteiger partial charge in [0.2, 0.25) is 15.5 Å². The molecule has 0 saturated carbocycles. The number of nitrogens with zero attached hydrogens (tertiary/aromatic N) is 2. The zero-order valence-electron chi connectivity index (χ0n) is 19.1. The van der Waals surface area contributed by atoms with Gasteiger partial charge in [0.05, 0.1) is 17.7 Å². The van der Waals surface area contributed by atoms with E-state index >= 15 is 0 Å². The van der Waals surface area contributed by atoms with Crippen LogP contribution in [-0.2, 0) is 16.6 Å². The van der Waals surface area contributed by atoms with Crippen LogP contribution in [0.1, 0.15) is 16.1 Å². The van der Waals surface area contributed by atoms with Crippen molar-refractivity contribution in [3.8, 4) is 0 Å². The van der Waals surface area contributed by atoms with Gasteiger partial charge in [0, 0.05) is 49.0 Å². The molecule has 2 aromatic carbocycles. The Morgan fingerprint density at radius 3 is 2.50 bits per heavy atom. The van der Waals surface area contributed by atoms with E-state index in [1.165, 1.54) is 47.1 Å². The molecule has 0 spiro atoms. The summed E-state index contributed by atoms with van der Waals surface area (Å²) in [6.45, 7) is 1.48. The van der Waals surface area contributed by atoms with Crippen molar-refractivity contribution in [1.82, 2.24) is 14.6 Å². The summed E-state index contributed by atoms with van der Waals surface area (Å²) in [6.07, 6.45) is 2.79. The first kappa shape index (κ1) is 23.8. The van der Waals surface area contributed by atoms with E-state index in [-0.39, 0.29) is 41.3 Å². The predicted octanol–water partition coefficient (Wildman–Crippen LogP) is 2.70. The first-order chi connectivity index (χ1) is 17.3. The second-order valence-electron chi connectivity index (χ2n) is 8.37. The molecule has 0 aliphatic carbocycles. The number of carbonyl (C=O) groups is 1. The van der Waals surface area contributed by atoms with E-state index < -0.39 is 21.4 Å². The molecule has 0 atom stereocenters. The van der Waals surface area contributed by atoms with Crippen LogP contribution in [0, 0.1) is 5.82 Å². The van der Waals surface area contributed by atoms with Crippen molar-refractivity contribution in [3.63, 3.8) is 0 Å². The second-order valence-corrected chi connectivity index (χ2v) is 10.3. The lowest BCUT2D eigenvalue weighted by molar-refractivity contribution is 0.0947. The fourth-order valence-electron chi connectivity index (χ4n) is 4.19. The Balaban J connectivity index is 1.35. The Morgan fingerprint density at radius 2 is 1.81 bits per heavy atom. The fourth-order valence-corrected chi connectivity index (χ4v) is 5.64. The van der Waals surface area contributed by atoms with Crippen LogP contribution >= 0.6 is 0 Å². The van der Waals surface area contributed by atoms with Gasteiger partial charge in [0.1, 0.15) is 17.1 Å². The Hall–Kier alpha value is -3.96. The number of aromatic amines is 1. The first-order valence-corrected chi connectivity index (χ1v) is 12.7. The van der Waals surface area contributed by atoms with E-state index in [0.29, 0.717) is 24.4 Å². The number of carbonyl (C=O) groups excluding carboxylic acids is 1. The number of hydrogen-bond donors (Lipinski definition) is 2. The highest BCUT2D eigenvalue weighted by Crippen LogP contribution is 2.23. The lowest BCUT2D eigenvalue weighted by Gasteiger charge is -2.35. The summed E-state index contributed by atoms with van der Waals surface area (Å²) in [7, 11) is -3.87. The molecule has 1 saturated heterocycles. The van der Waals surface area contributed by atoms with Crippen molar-refractivity contribution >= 4 is 32.5 Å². The normalized spacial score (nSPS) is 14.8. The van der Waals surface area contributed by atoms with Crippen molar-refractivity contribution in [2.75, 3.05) is 31.1 Å². The summed E-state index contributed by atoms with van der Waals surface area (Å²) < 4.78 is 46.4. The molecule has 1 aliphatic rings. The van der Waals surface area contributed by atoms with Gasteiger partial charge in [-0.15, -0.1) is 0 Å². The van der Waals surface area contributed by atoms with Crippen molar-refractivity contribution in [3.05, 3.63) is 94.4 Å². The molecule has 2 N–H and O–H groups in total. The summed E-state index contributed by atoms with van der Waals surface area (Å²) in [4.78, 5) is 30.5. The summed E-state index contributed by atoms with van der Waals surface area (Å²) in [5.41, 5.74) is 0.543. The molecule has 0 unspecified atom stereocenters. The van der Waals surface area contributed by atoms with E-state index in [1.54, 1.807) is 24.3 Å². The number of fused-ring (bicyclic) bond motifs is 1. The first-order valence-electron chi connectivity index (χ1n) is 11.3. The molecule has 0 bridgehead atoms. The topological polar surface area (TPSA) is 116 Å². The molecule has 1 amide bonds. The SMILES string of the molecule is O=C(NCc1ccco1)c1c[nH]c2ccc(S(=O)(=O)N3CCN(c4ccc(F)cc4)CC3)cc2c1=O. The molecule has 1 fully saturated rings. The van der Waals surface area contributed by atoms with Crippen molar-refractivity contribution < 1.29 is 22.0 Å². The van der Waals surface area contributed by atoms with E-state index in [4.69, 9.17) is 4.42 Å². The quantitative estimate of drug-likeness (QED) is 0.412. The maximum atomic E-state index is 13.3. The zero-order valence-corrected chi connectivity index (χ0v) is 19.9. The van der Waals surface area contributed by atoms with Crippen LogP contribution in [-0.4, -0.2) is 49.8 Å². The maximum absolute atomic E-state index is 13.3. The predicted molar refractivity (Wildman–Crippen MR) is 132 cm³/mol. The number of H-pyrrole nitrogens is 1. The number of halogens is 1. The highest BCUT2D eigenvalue weighted by molar-refractivity contribution is 7.89. The lowest BCUT2D eigenvalue weighted by atomic mass is 10.1. The third kappa shape index (κ3) is 4.62. The van der Waals surface area contributed by atoms with Gasteiger partial charge in [-0.2, -0.15) is 4.31 Å². The number of sulfonamides is 1. The standard InChI is InChI=1S/C25H23FN4O5S/c26-17-3-5-18(6-4-17)29-9-11-30(12-10-29)36(33,34)20-7-8-23-21(14-20)24(31)22(16-27-23)25(32)28-15-19-2-1-13-35-19/h1-8,13-14,16H,9-12,15H2,(H,27,31)(H,28,32). The molecule has 5 rings (SSSR count). The summed E-state index contributed by atoms with van der Waals surface area (Å²) in [5, 5.41) is 2.72. The number of pyridine rings is 1. The number of aromatic nitrogens is 1. The number of nitrogens with one attached hydrogen (secondary N) is 2. The van der Waals surface area contributed by atoms with Crippen molar-refractivity contribution in [2.45, 2.75) is 11.4 Å². The smallest absolute Gasteiger partial charge is 0.257 e. The van der Waals surface area contributed by atoms with Gasteiger partial charge in [-0.1, -0.05) is 0 Å². The van der Waals surface area contributed by atoms with Gasteiger partial charge in [0.25, 0.3) is 5.91 Å². The van der Waals surface area contributed by atoms with Gasteiger partial charge in [0.15, 0.2) is 0 Å². The monoisotopic (exact) mass is 510 g/mol. The number of rotatable bonds is 6. The highest BCUT2D eigenvalue weighted by Gasteiger charge is 2.29. The van der Waals surface area contributed by atoms with Crippen LogP contribution in [0.25, 0.3) is 10.9 Å². The van der Waals surface area contributed by atoms with E-state index in [9.17, 15) is 22.4 Å². The molecular formula is C25H23FN4O5S. The molecule has 2 aromatic heterocycles. The van der Waals surface area contributed by atoms with E-state index in [2.05, 4.69) is 10.3 Å². The second kappa shape index (κ2) is 9.59. The Morgan fingerprint density at radius 1 is 1.06 bits per heavy atom. The summed E-state index contributed by atoms with van der Waals surface area (Å²) in [5.74, 6) is -0.391. The van der Waals surface area contributed by atoms with Crippen molar-refractivity contribution in [2.24, 2.45) is 0 Å². The lowest BCUT2D eigenvalue weighted by Crippen LogP contribution is -2.48. The van der Waals surface area contributed by atoms with Crippen molar-refractivity contribution in [1.29, 1.82) is 0 Å². The van der Waals surface area contributed by atoms with Crippen LogP contribution in [0.4, 0.5) is 10.1 Å². The third-order valence-electron chi connectivity index (χ3n) is 6.17. The van der Waals surface area contributed by atoms with Gasteiger partial charge < -0.3 is 19.6 Å². The number of amides is 1. The average molecular weight is 511 g/mol. The molecule has 3 heterocycles. The van der Waals surface area contributed by atoms with Gasteiger partial charge >= 0.3 is 0 Å². The third-order valence-corrected chi connectivity index (χ3v) is 8.06. The molecule has 186 valence electrons. The zero-order chi connectivity index (χ0) is 25.3. The van der Waals surface area contributed by atoms with Gasteiger partial charge in [-0.05, 0) is 54.6 Å². The Kier molecular flexibility index (Phi) is 6.33. The van der Waals surface area contributed by atoms with Gasteiger partial charge in [-0.25, -0.2) is 12.8 Å². The van der Waals surface area contributed by atoms with Crippen LogP contribution in [0.15, 0.2) is 81.2 Å². The molecule has 0 radical (unpaired) electrons. The summed E-state index contributed by atoms with van der Waals surface area (Å²) >= 11 is 0. The van der Waals surface area contributed by atoms with E-state index in [1.807, 2.05) is 4.90 Å². The van der Waals surface area contributed by atoms with E-state index in [0.717, 1.165) is 5.69 Å². The average Bonchev–Trinajstić information content (AvgIpc) is 3.42. The number of piperazine rings is 1. The minimum atomic E-state index is -3.87.